The van der Waals surface area contributed by atoms with E-state index in [2.05, 4.69) is 9.97 Å². The average Bonchev–Trinajstić information content (AvgIpc) is 3.29. The number of hydrogen-bond donors (Lipinski definition) is 1. The maximum Gasteiger partial charge on any atom is 0.260 e. The van der Waals surface area contributed by atoms with Crippen molar-refractivity contribution in [3.8, 4) is 16.2 Å². The number of H-pyrrole nitrogens is 1. The first-order chi connectivity index (χ1) is 12.2. The van der Waals surface area contributed by atoms with Gasteiger partial charge in [0.1, 0.15) is 10.6 Å². The number of fused-ring (bicyclic) bond motifs is 1. The molecule has 0 aliphatic rings. The van der Waals surface area contributed by atoms with Crippen molar-refractivity contribution < 1.29 is 4.74 Å². The lowest BCUT2D eigenvalue weighted by Crippen LogP contribution is -2.08. The maximum absolute atomic E-state index is 12.6. The molecule has 0 amide bonds. The summed E-state index contributed by atoms with van der Waals surface area (Å²) in [6, 6.07) is 11.9. The summed E-state index contributed by atoms with van der Waals surface area (Å²) in [7, 11) is 1.65. The number of aromatic nitrogens is 2. The van der Waals surface area contributed by atoms with Crippen LogP contribution in [-0.4, -0.2) is 17.1 Å². The first-order valence-electron chi connectivity index (χ1n) is 7.56. The van der Waals surface area contributed by atoms with Gasteiger partial charge in [0.15, 0.2) is 5.16 Å². The Morgan fingerprint density at radius 3 is 2.96 bits per heavy atom. The molecule has 1 N–H and O–H groups in total. The molecule has 0 aliphatic heterocycles. The SMILES string of the molecule is COc1cccc(CSc2nc3scc(-c4cccs4)c3c(=O)[nH]2)c1. The van der Waals surface area contributed by atoms with Crippen molar-refractivity contribution in [1.82, 2.24) is 9.97 Å². The summed E-state index contributed by atoms with van der Waals surface area (Å²) < 4.78 is 5.24. The molecule has 4 aromatic rings. The number of thioether (sulfide) groups is 1. The molecule has 0 unspecified atom stereocenters. The van der Waals surface area contributed by atoms with Crippen molar-refractivity contribution in [2.24, 2.45) is 0 Å². The summed E-state index contributed by atoms with van der Waals surface area (Å²) in [4.78, 5) is 22.0. The van der Waals surface area contributed by atoms with Gasteiger partial charge >= 0.3 is 0 Å². The monoisotopic (exact) mass is 386 g/mol. The number of rotatable bonds is 5. The van der Waals surface area contributed by atoms with E-state index >= 15 is 0 Å². The second-order valence-electron chi connectivity index (χ2n) is 5.32. The molecule has 25 heavy (non-hydrogen) atoms. The summed E-state index contributed by atoms with van der Waals surface area (Å²) in [5.74, 6) is 1.54. The molecule has 0 fully saturated rings. The summed E-state index contributed by atoms with van der Waals surface area (Å²) in [6.45, 7) is 0. The number of nitrogens with one attached hydrogen (secondary N) is 1. The Morgan fingerprint density at radius 2 is 2.16 bits per heavy atom. The molecule has 4 nitrogen and oxygen atoms in total. The summed E-state index contributed by atoms with van der Waals surface area (Å²) in [6.07, 6.45) is 0. The van der Waals surface area contributed by atoms with Gasteiger partial charge in [0, 0.05) is 21.6 Å². The zero-order chi connectivity index (χ0) is 17.2. The van der Waals surface area contributed by atoms with E-state index in [4.69, 9.17) is 4.74 Å². The zero-order valence-electron chi connectivity index (χ0n) is 13.3. The van der Waals surface area contributed by atoms with Gasteiger partial charge in [-0.2, -0.15) is 0 Å². The number of methoxy groups -OCH3 is 1. The molecule has 0 aliphatic carbocycles. The minimum absolute atomic E-state index is 0.0807. The molecule has 0 spiro atoms. The fourth-order valence-corrected chi connectivity index (χ4v) is 5.15. The van der Waals surface area contributed by atoms with Crippen LogP contribution in [0.25, 0.3) is 20.7 Å². The van der Waals surface area contributed by atoms with E-state index in [0.717, 1.165) is 32.3 Å². The van der Waals surface area contributed by atoms with Crippen molar-refractivity contribution in [3.05, 3.63) is 63.1 Å². The highest BCUT2D eigenvalue weighted by molar-refractivity contribution is 7.98. The van der Waals surface area contributed by atoms with Gasteiger partial charge in [0.2, 0.25) is 0 Å². The van der Waals surface area contributed by atoms with Crippen molar-refractivity contribution >= 4 is 44.7 Å². The lowest BCUT2D eigenvalue weighted by atomic mass is 10.2. The smallest absolute Gasteiger partial charge is 0.260 e. The number of aromatic amines is 1. The van der Waals surface area contributed by atoms with Gasteiger partial charge in [0.25, 0.3) is 5.56 Å². The molecule has 1 aromatic carbocycles. The summed E-state index contributed by atoms with van der Waals surface area (Å²) in [5.41, 5.74) is 2.01. The van der Waals surface area contributed by atoms with Gasteiger partial charge in [0.05, 0.1) is 12.5 Å². The van der Waals surface area contributed by atoms with Crippen molar-refractivity contribution in [1.29, 1.82) is 0 Å². The number of thiophene rings is 2. The number of hydrogen-bond acceptors (Lipinski definition) is 6. The van der Waals surface area contributed by atoms with Gasteiger partial charge < -0.3 is 9.72 Å². The highest BCUT2D eigenvalue weighted by Crippen LogP contribution is 2.34. The third-order valence-electron chi connectivity index (χ3n) is 3.72. The number of benzene rings is 1. The minimum atomic E-state index is -0.0807. The van der Waals surface area contributed by atoms with Crippen molar-refractivity contribution in [2.75, 3.05) is 7.11 Å². The molecule has 4 rings (SSSR count). The van der Waals surface area contributed by atoms with Crippen LogP contribution >= 0.6 is 34.4 Å². The fourth-order valence-electron chi connectivity index (χ4n) is 2.52. The second kappa shape index (κ2) is 7.03. The molecule has 0 saturated heterocycles. The van der Waals surface area contributed by atoms with Crippen LogP contribution in [0, 0.1) is 0 Å². The molecular formula is C18H14N2O2S3. The predicted molar refractivity (Wildman–Crippen MR) is 106 cm³/mol. The molecule has 0 saturated carbocycles. The third kappa shape index (κ3) is 3.35. The van der Waals surface area contributed by atoms with Gasteiger partial charge in [-0.1, -0.05) is 30.0 Å². The normalized spacial score (nSPS) is 11.1. The van der Waals surface area contributed by atoms with Crippen LogP contribution in [0.3, 0.4) is 0 Å². The molecule has 0 bridgehead atoms. The van der Waals surface area contributed by atoms with Crippen LogP contribution in [0.1, 0.15) is 5.56 Å². The molecule has 3 aromatic heterocycles. The Morgan fingerprint density at radius 1 is 1.24 bits per heavy atom. The van der Waals surface area contributed by atoms with Crippen LogP contribution in [0.2, 0.25) is 0 Å². The first kappa shape index (κ1) is 16.4. The Bertz CT molecular complexity index is 1070. The van der Waals surface area contributed by atoms with Crippen molar-refractivity contribution in [2.45, 2.75) is 10.9 Å². The molecule has 0 radical (unpaired) electrons. The number of nitrogens with zero attached hydrogens (tertiary/aromatic N) is 1. The number of ether oxygens (including phenoxy) is 1. The Balaban J connectivity index is 1.62. The average molecular weight is 387 g/mol. The fraction of sp³-hybridized carbons (Fsp3) is 0.111. The van der Waals surface area contributed by atoms with Crippen LogP contribution < -0.4 is 10.3 Å². The molecule has 126 valence electrons. The quantitative estimate of drug-likeness (QED) is 0.387. The topological polar surface area (TPSA) is 55.0 Å². The van der Waals surface area contributed by atoms with Crippen LogP contribution in [0.5, 0.6) is 5.75 Å². The maximum atomic E-state index is 12.6. The van der Waals surface area contributed by atoms with Gasteiger partial charge in [-0.15, -0.1) is 22.7 Å². The van der Waals surface area contributed by atoms with E-state index in [0.29, 0.717) is 10.5 Å². The van der Waals surface area contributed by atoms with E-state index in [1.807, 2.05) is 47.2 Å². The molecule has 3 heterocycles. The Hall–Kier alpha value is -2.09. The van der Waals surface area contributed by atoms with Gasteiger partial charge in [-0.25, -0.2) is 4.98 Å². The van der Waals surface area contributed by atoms with Crippen LogP contribution in [0.15, 0.2) is 57.1 Å². The van der Waals surface area contributed by atoms with E-state index < -0.39 is 0 Å². The van der Waals surface area contributed by atoms with Crippen LogP contribution in [-0.2, 0) is 5.75 Å². The van der Waals surface area contributed by atoms with E-state index in [9.17, 15) is 4.79 Å². The third-order valence-corrected chi connectivity index (χ3v) is 6.44. The summed E-state index contributed by atoms with van der Waals surface area (Å²) in [5, 5.41) is 5.34. The molecule has 7 heteroatoms. The standard InChI is InChI=1S/C18H14N2O2S3/c1-22-12-5-2-4-11(8-12)9-25-18-19-16(21)15-13(10-24-17(15)20-18)14-6-3-7-23-14/h2-8,10H,9H2,1H3,(H,19,20,21). The highest BCUT2D eigenvalue weighted by Gasteiger charge is 2.13. The zero-order valence-corrected chi connectivity index (χ0v) is 15.8. The summed E-state index contributed by atoms with van der Waals surface area (Å²) >= 11 is 4.65. The molecule has 0 atom stereocenters. The van der Waals surface area contributed by atoms with E-state index in [-0.39, 0.29) is 5.56 Å². The van der Waals surface area contributed by atoms with Crippen molar-refractivity contribution in [3.63, 3.8) is 0 Å². The molecular weight excluding hydrogens is 372 g/mol. The Labute approximate surface area is 156 Å². The largest absolute Gasteiger partial charge is 0.497 e. The van der Waals surface area contributed by atoms with Gasteiger partial charge in [-0.3, -0.25) is 4.79 Å². The second-order valence-corrected chi connectivity index (χ2v) is 8.09. The van der Waals surface area contributed by atoms with Gasteiger partial charge in [-0.05, 0) is 29.1 Å². The first-order valence-corrected chi connectivity index (χ1v) is 10.3. The minimum Gasteiger partial charge on any atom is -0.497 e. The Kier molecular flexibility index (Phi) is 4.61. The van der Waals surface area contributed by atoms with E-state index in [1.165, 1.54) is 23.1 Å². The van der Waals surface area contributed by atoms with E-state index in [1.54, 1.807) is 18.4 Å². The lowest BCUT2D eigenvalue weighted by molar-refractivity contribution is 0.414. The predicted octanol–water partition coefficient (Wildman–Crippen LogP) is 5.01. The van der Waals surface area contributed by atoms with Crippen LogP contribution in [0.4, 0.5) is 0 Å². The lowest BCUT2D eigenvalue weighted by Gasteiger charge is -2.04. The highest BCUT2D eigenvalue weighted by atomic mass is 32.2.